The van der Waals surface area contributed by atoms with Crippen molar-refractivity contribution in [3.8, 4) is 0 Å². The summed E-state index contributed by atoms with van der Waals surface area (Å²) >= 11 is 5.85. The second kappa shape index (κ2) is 7.13. The van der Waals surface area contributed by atoms with E-state index in [1.165, 1.54) is 0 Å². The van der Waals surface area contributed by atoms with Gasteiger partial charge < -0.3 is 10.6 Å². The monoisotopic (exact) mass is 302 g/mol. The van der Waals surface area contributed by atoms with E-state index in [2.05, 4.69) is 10.6 Å². The summed E-state index contributed by atoms with van der Waals surface area (Å²) in [4.78, 5) is 12.1. The molecule has 1 aromatic carbocycles. The summed E-state index contributed by atoms with van der Waals surface area (Å²) in [6, 6.07) is 7.61. The molecule has 0 aliphatic carbocycles. The third kappa shape index (κ3) is 4.10. The number of amides is 1. The second-order valence-electron chi connectivity index (χ2n) is 4.99. The van der Waals surface area contributed by atoms with Crippen molar-refractivity contribution in [1.82, 2.24) is 10.6 Å². The average Bonchev–Trinajstić information content (AvgIpc) is 2.27. The van der Waals surface area contributed by atoms with E-state index >= 15 is 0 Å². The Balaban J connectivity index is 0.00000180. The van der Waals surface area contributed by atoms with E-state index < -0.39 is 0 Å². The van der Waals surface area contributed by atoms with Gasteiger partial charge in [0, 0.05) is 10.9 Å². The van der Waals surface area contributed by atoms with Crippen LogP contribution in [-0.2, 0) is 4.79 Å². The van der Waals surface area contributed by atoms with Gasteiger partial charge in [0.2, 0.25) is 5.91 Å². The highest BCUT2D eigenvalue weighted by Gasteiger charge is 2.29. The zero-order valence-corrected chi connectivity index (χ0v) is 12.7. The highest BCUT2D eigenvalue weighted by molar-refractivity contribution is 6.30. The van der Waals surface area contributed by atoms with Crippen molar-refractivity contribution in [2.24, 2.45) is 11.8 Å². The van der Waals surface area contributed by atoms with Crippen LogP contribution in [0.1, 0.15) is 25.5 Å². The number of hydrogen-bond acceptors (Lipinski definition) is 2. The second-order valence-corrected chi connectivity index (χ2v) is 5.43. The molecule has 0 aromatic heterocycles. The van der Waals surface area contributed by atoms with Gasteiger partial charge in [0.25, 0.3) is 0 Å². The average molecular weight is 303 g/mol. The fourth-order valence-corrected chi connectivity index (χ4v) is 2.18. The van der Waals surface area contributed by atoms with Crippen molar-refractivity contribution in [2.45, 2.75) is 19.9 Å². The first-order chi connectivity index (χ1) is 8.58. The van der Waals surface area contributed by atoms with Crippen molar-refractivity contribution in [2.75, 3.05) is 13.1 Å². The molecule has 19 heavy (non-hydrogen) atoms. The number of carbonyl (C=O) groups excluding carboxylic acids is 1. The lowest BCUT2D eigenvalue weighted by Gasteiger charge is -2.32. The number of benzene rings is 1. The van der Waals surface area contributed by atoms with Crippen LogP contribution in [0.2, 0.25) is 5.02 Å². The SMILES string of the molecule is CC(NC(=O)C(C)C1CNC1)c1ccc(Cl)cc1.Cl. The van der Waals surface area contributed by atoms with Gasteiger partial charge in [0.05, 0.1) is 6.04 Å². The zero-order chi connectivity index (χ0) is 13.1. The van der Waals surface area contributed by atoms with Crippen LogP contribution < -0.4 is 10.6 Å². The molecule has 0 saturated carbocycles. The minimum Gasteiger partial charge on any atom is -0.349 e. The van der Waals surface area contributed by atoms with Gasteiger partial charge in [0.15, 0.2) is 0 Å². The fourth-order valence-electron chi connectivity index (χ4n) is 2.06. The highest BCUT2D eigenvalue weighted by Crippen LogP contribution is 2.19. The summed E-state index contributed by atoms with van der Waals surface area (Å²) in [6.07, 6.45) is 0. The Labute approximate surface area is 125 Å². The minimum absolute atomic E-state index is 0. The normalized spacial score (nSPS) is 17.8. The molecule has 1 aliphatic rings. The molecule has 0 bridgehead atoms. The molecule has 3 nitrogen and oxygen atoms in total. The summed E-state index contributed by atoms with van der Waals surface area (Å²) in [5, 5.41) is 6.96. The molecule has 1 heterocycles. The van der Waals surface area contributed by atoms with Crippen molar-refractivity contribution >= 4 is 29.9 Å². The van der Waals surface area contributed by atoms with Gasteiger partial charge in [-0.05, 0) is 43.6 Å². The number of nitrogens with one attached hydrogen (secondary N) is 2. The highest BCUT2D eigenvalue weighted by atomic mass is 35.5. The molecule has 0 spiro atoms. The number of halogens is 2. The topological polar surface area (TPSA) is 41.1 Å². The lowest BCUT2D eigenvalue weighted by molar-refractivity contribution is -0.127. The van der Waals surface area contributed by atoms with E-state index in [4.69, 9.17) is 11.6 Å². The maximum Gasteiger partial charge on any atom is 0.223 e. The molecule has 2 rings (SSSR count). The summed E-state index contributed by atoms with van der Waals surface area (Å²) in [5.74, 6) is 0.673. The molecule has 106 valence electrons. The van der Waals surface area contributed by atoms with Crippen LogP contribution in [0.3, 0.4) is 0 Å². The molecule has 2 atom stereocenters. The van der Waals surface area contributed by atoms with Crippen LogP contribution in [-0.4, -0.2) is 19.0 Å². The smallest absolute Gasteiger partial charge is 0.223 e. The maximum atomic E-state index is 12.1. The van der Waals surface area contributed by atoms with Crippen LogP contribution in [0.5, 0.6) is 0 Å². The van der Waals surface area contributed by atoms with Crippen LogP contribution in [0.4, 0.5) is 0 Å². The summed E-state index contributed by atoms with van der Waals surface area (Å²) in [5.41, 5.74) is 1.08. The van der Waals surface area contributed by atoms with Crippen LogP contribution in [0, 0.1) is 11.8 Å². The first kappa shape index (κ1) is 16.3. The van der Waals surface area contributed by atoms with E-state index in [9.17, 15) is 4.79 Å². The largest absolute Gasteiger partial charge is 0.349 e. The molecule has 1 aliphatic heterocycles. The summed E-state index contributed by atoms with van der Waals surface area (Å²) < 4.78 is 0. The van der Waals surface area contributed by atoms with Crippen LogP contribution in [0.25, 0.3) is 0 Å². The molecule has 5 heteroatoms. The molecule has 1 aromatic rings. The van der Waals surface area contributed by atoms with Crippen molar-refractivity contribution < 1.29 is 4.79 Å². The Bertz CT molecular complexity index is 418. The Kier molecular flexibility index (Phi) is 6.11. The van der Waals surface area contributed by atoms with Crippen molar-refractivity contribution in [3.63, 3.8) is 0 Å². The van der Waals surface area contributed by atoms with E-state index in [-0.39, 0.29) is 30.3 Å². The molecule has 1 fully saturated rings. The fraction of sp³-hybridized carbons (Fsp3) is 0.500. The summed E-state index contributed by atoms with van der Waals surface area (Å²) in [6.45, 7) is 5.89. The van der Waals surface area contributed by atoms with E-state index in [1.807, 2.05) is 38.1 Å². The zero-order valence-electron chi connectivity index (χ0n) is 11.2. The molecule has 2 N–H and O–H groups in total. The lowest BCUT2D eigenvalue weighted by atomic mass is 9.88. The standard InChI is InChI=1S/C14H19ClN2O.ClH/c1-9(12-7-16-8-12)14(18)17-10(2)11-3-5-13(15)6-4-11;/h3-6,9-10,12,16H,7-8H2,1-2H3,(H,17,18);1H. The van der Waals surface area contributed by atoms with Crippen LogP contribution >= 0.6 is 24.0 Å². The Hall–Kier alpha value is -0.770. The molecule has 0 radical (unpaired) electrons. The summed E-state index contributed by atoms with van der Waals surface area (Å²) in [7, 11) is 0. The quantitative estimate of drug-likeness (QED) is 0.898. The Morgan fingerprint density at radius 1 is 1.32 bits per heavy atom. The first-order valence-electron chi connectivity index (χ1n) is 6.34. The molecule has 1 saturated heterocycles. The number of rotatable bonds is 4. The maximum absolute atomic E-state index is 12.1. The van der Waals surface area contributed by atoms with Gasteiger partial charge in [-0.1, -0.05) is 30.7 Å². The van der Waals surface area contributed by atoms with Gasteiger partial charge >= 0.3 is 0 Å². The third-order valence-corrected chi connectivity index (χ3v) is 3.91. The van der Waals surface area contributed by atoms with E-state index in [0.717, 1.165) is 18.7 Å². The number of hydrogen-bond donors (Lipinski definition) is 2. The lowest BCUT2D eigenvalue weighted by Crippen LogP contribution is -2.49. The number of carbonyl (C=O) groups is 1. The molecule has 1 amide bonds. The van der Waals surface area contributed by atoms with E-state index in [0.29, 0.717) is 10.9 Å². The van der Waals surface area contributed by atoms with Gasteiger partial charge in [-0.3, -0.25) is 4.79 Å². The molecular weight excluding hydrogens is 283 g/mol. The minimum atomic E-state index is 0. The molecule has 2 unspecified atom stereocenters. The first-order valence-corrected chi connectivity index (χ1v) is 6.72. The van der Waals surface area contributed by atoms with Crippen LogP contribution in [0.15, 0.2) is 24.3 Å². The van der Waals surface area contributed by atoms with E-state index in [1.54, 1.807) is 0 Å². The van der Waals surface area contributed by atoms with Gasteiger partial charge in [-0.15, -0.1) is 12.4 Å². The van der Waals surface area contributed by atoms with Crippen molar-refractivity contribution in [1.29, 1.82) is 0 Å². The predicted molar refractivity (Wildman–Crippen MR) is 80.8 cm³/mol. The Morgan fingerprint density at radius 2 is 1.89 bits per heavy atom. The van der Waals surface area contributed by atoms with Gasteiger partial charge in [-0.2, -0.15) is 0 Å². The third-order valence-electron chi connectivity index (χ3n) is 3.66. The Morgan fingerprint density at radius 3 is 2.37 bits per heavy atom. The predicted octanol–water partition coefficient (Wildman–Crippen LogP) is 2.79. The van der Waals surface area contributed by atoms with Gasteiger partial charge in [-0.25, -0.2) is 0 Å². The van der Waals surface area contributed by atoms with Crippen molar-refractivity contribution in [3.05, 3.63) is 34.9 Å². The molecular formula is C14H20Cl2N2O. The van der Waals surface area contributed by atoms with Gasteiger partial charge in [0.1, 0.15) is 0 Å².